The average molecular weight is 524 g/mol. The van der Waals surface area contributed by atoms with Gasteiger partial charge in [0, 0.05) is 28.5 Å². The molecule has 0 aliphatic rings. The molecule has 2 heterocycles. The number of rotatable bonds is 6. The number of hydrogen-bond acceptors (Lipinski definition) is 6. The normalized spacial score (nSPS) is 11.3. The van der Waals surface area contributed by atoms with E-state index in [1.165, 1.54) is 36.0 Å². The highest BCUT2D eigenvalue weighted by Crippen LogP contribution is 2.27. The Bertz CT molecular complexity index is 1780. The van der Waals surface area contributed by atoms with Crippen LogP contribution in [0.2, 0.25) is 0 Å². The monoisotopic (exact) mass is 523 g/mol. The Hall–Kier alpha value is -4.63. The van der Waals surface area contributed by atoms with Crippen molar-refractivity contribution in [3.05, 3.63) is 107 Å². The number of aromatic nitrogens is 3. The molecule has 5 aromatic rings. The van der Waals surface area contributed by atoms with Gasteiger partial charge in [-0.15, -0.1) is 0 Å². The summed E-state index contributed by atoms with van der Waals surface area (Å²) in [5, 5.41) is 3.60. The van der Waals surface area contributed by atoms with Crippen LogP contribution in [0.1, 0.15) is 27.2 Å². The molecule has 0 atom stereocenters. The van der Waals surface area contributed by atoms with Crippen molar-refractivity contribution < 1.29 is 13.2 Å². The van der Waals surface area contributed by atoms with E-state index < -0.39 is 10.0 Å². The van der Waals surface area contributed by atoms with E-state index in [1.54, 1.807) is 19.1 Å². The molecule has 0 aliphatic heterocycles. The summed E-state index contributed by atoms with van der Waals surface area (Å²) < 4.78 is 27.9. The number of aryl methyl sites for hydroxylation is 3. The lowest BCUT2D eigenvalue weighted by molar-refractivity contribution is 0.102. The van der Waals surface area contributed by atoms with Gasteiger partial charge in [0.25, 0.3) is 15.9 Å². The predicted molar refractivity (Wildman–Crippen MR) is 149 cm³/mol. The minimum atomic E-state index is -3.90. The van der Waals surface area contributed by atoms with Gasteiger partial charge < -0.3 is 5.32 Å². The summed E-state index contributed by atoms with van der Waals surface area (Å²) in [6.45, 7) is 5.84. The number of nitrogens with one attached hydrogen (secondary N) is 2. The Balaban J connectivity index is 1.42. The summed E-state index contributed by atoms with van der Waals surface area (Å²) >= 11 is 0. The molecule has 1 amide bonds. The number of sulfonamides is 1. The van der Waals surface area contributed by atoms with Gasteiger partial charge in [-0.2, -0.15) is 0 Å². The van der Waals surface area contributed by atoms with E-state index in [-0.39, 0.29) is 16.8 Å². The number of carbonyl (C=O) groups is 1. The molecular formula is C29H25N5O3S. The number of hydrogen-bond donors (Lipinski definition) is 2. The van der Waals surface area contributed by atoms with E-state index in [2.05, 4.69) is 33.0 Å². The highest BCUT2D eigenvalue weighted by atomic mass is 32.2. The van der Waals surface area contributed by atoms with Crippen molar-refractivity contribution in [2.24, 2.45) is 0 Å². The van der Waals surface area contributed by atoms with Gasteiger partial charge in [0.1, 0.15) is 0 Å². The van der Waals surface area contributed by atoms with Crippen LogP contribution in [0.3, 0.4) is 0 Å². The standard InChI is InChI=1S/C29H25N5O3S/c1-18-8-9-21(16-19(18)2)27-17-25(24-6-4-5-7-26(24)33-27)28(35)32-22-10-12-23(13-11-22)38(36,37)34-29-30-15-14-20(3)31-29/h4-17H,1-3H3,(H,32,35)(H,30,31,34). The van der Waals surface area contributed by atoms with Crippen LogP contribution < -0.4 is 10.0 Å². The summed E-state index contributed by atoms with van der Waals surface area (Å²) in [7, 11) is -3.90. The van der Waals surface area contributed by atoms with Gasteiger partial charge in [-0.3, -0.25) is 4.79 Å². The third-order valence-electron chi connectivity index (χ3n) is 6.21. The van der Waals surface area contributed by atoms with Gasteiger partial charge in [-0.25, -0.2) is 28.1 Å². The first-order valence-electron chi connectivity index (χ1n) is 11.9. The molecular weight excluding hydrogens is 498 g/mol. The van der Waals surface area contributed by atoms with Gasteiger partial charge in [0.2, 0.25) is 5.95 Å². The zero-order chi connectivity index (χ0) is 26.9. The molecule has 8 nitrogen and oxygen atoms in total. The fourth-order valence-corrected chi connectivity index (χ4v) is 4.96. The van der Waals surface area contributed by atoms with Gasteiger partial charge in [0.05, 0.1) is 21.7 Å². The van der Waals surface area contributed by atoms with E-state index in [4.69, 9.17) is 4.98 Å². The number of fused-ring (bicyclic) bond motifs is 1. The number of anilines is 2. The van der Waals surface area contributed by atoms with Gasteiger partial charge in [0.15, 0.2) is 0 Å². The van der Waals surface area contributed by atoms with Crippen LogP contribution in [0.4, 0.5) is 11.6 Å². The lowest BCUT2D eigenvalue weighted by atomic mass is 10.0. The van der Waals surface area contributed by atoms with Gasteiger partial charge >= 0.3 is 0 Å². The summed E-state index contributed by atoms with van der Waals surface area (Å²) in [5.74, 6) is -0.331. The first kappa shape index (κ1) is 25.0. The van der Waals surface area contributed by atoms with Crippen LogP contribution in [0, 0.1) is 20.8 Å². The molecule has 9 heteroatoms. The van der Waals surface area contributed by atoms with Crippen LogP contribution >= 0.6 is 0 Å². The fraction of sp³-hybridized carbons (Fsp3) is 0.103. The van der Waals surface area contributed by atoms with Crippen molar-refractivity contribution in [2.45, 2.75) is 25.7 Å². The minimum absolute atomic E-state index is 0.00785. The van der Waals surface area contributed by atoms with Crippen molar-refractivity contribution in [3.63, 3.8) is 0 Å². The molecule has 3 aromatic carbocycles. The summed E-state index contributed by atoms with van der Waals surface area (Å²) in [4.78, 5) is 26.2. The van der Waals surface area contributed by atoms with E-state index in [0.717, 1.165) is 16.5 Å². The molecule has 0 radical (unpaired) electrons. The molecule has 0 saturated heterocycles. The Kier molecular flexibility index (Phi) is 6.61. The molecule has 2 N–H and O–H groups in total. The van der Waals surface area contributed by atoms with Crippen molar-refractivity contribution in [2.75, 3.05) is 10.0 Å². The molecule has 5 rings (SSSR count). The molecule has 0 saturated carbocycles. The van der Waals surface area contributed by atoms with E-state index in [1.807, 2.05) is 43.3 Å². The van der Waals surface area contributed by atoms with E-state index in [9.17, 15) is 13.2 Å². The number of benzene rings is 3. The summed E-state index contributed by atoms with van der Waals surface area (Å²) in [6, 6.07) is 22.9. The van der Waals surface area contributed by atoms with Gasteiger partial charge in [-0.1, -0.05) is 30.3 Å². The number of nitrogens with zero attached hydrogens (tertiary/aromatic N) is 3. The summed E-state index contributed by atoms with van der Waals surface area (Å²) in [6.07, 6.45) is 1.48. The van der Waals surface area contributed by atoms with Crippen LogP contribution in [0.25, 0.3) is 22.2 Å². The highest BCUT2D eigenvalue weighted by molar-refractivity contribution is 7.92. The SMILES string of the molecule is Cc1ccnc(NS(=O)(=O)c2ccc(NC(=O)c3cc(-c4ccc(C)c(C)c4)nc4ccccc34)cc2)n1. The lowest BCUT2D eigenvalue weighted by Gasteiger charge is -2.12. The quantitative estimate of drug-likeness (QED) is 0.296. The largest absolute Gasteiger partial charge is 0.322 e. The predicted octanol–water partition coefficient (Wildman–Crippen LogP) is 5.67. The van der Waals surface area contributed by atoms with Gasteiger partial charge in [-0.05, 0) is 80.4 Å². The third kappa shape index (κ3) is 5.23. The Morgan fingerprint density at radius 3 is 2.32 bits per heavy atom. The molecule has 0 bridgehead atoms. The maximum absolute atomic E-state index is 13.4. The number of para-hydroxylation sites is 1. The van der Waals surface area contributed by atoms with E-state index >= 15 is 0 Å². The molecule has 2 aromatic heterocycles. The molecule has 0 unspecified atom stereocenters. The third-order valence-corrected chi connectivity index (χ3v) is 7.55. The first-order chi connectivity index (χ1) is 18.2. The van der Waals surface area contributed by atoms with Crippen molar-refractivity contribution in [1.82, 2.24) is 15.0 Å². The second kappa shape index (κ2) is 10.0. The maximum atomic E-state index is 13.4. The Morgan fingerprint density at radius 2 is 1.58 bits per heavy atom. The van der Waals surface area contributed by atoms with Crippen LogP contribution in [-0.4, -0.2) is 29.3 Å². The molecule has 0 spiro atoms. The first-order valence-corrected chi connectivity index (χ1v) is 13.4. The van der Waals surface area contributed by atoms with Crippen LogP contribution in [-0.2, 0) is 10.0 Å². The maximum Gasteiger partial charge on any atom is 0.264 e. The van der Waals surface area contributed by atoms with Crippen LogP contribution in [0.5, 0.6) is 0 Å². The van der Waals surface area contributed by atoms with Crippen molar-refractivity contribution in [3.8, 4) is 11.3 Å². The lowest BCUT2D eigenvalue weighted by Crippen LogP contribution is -2.16. The van der Waals surface area contributed by atoms with Crippen molar-refractivity contribution >= 4 is 38.5 Å². The zero-order valence-electron chi connectivity index (χ0n) is 21.1. The smallest absolute Gasteiger partial charge is 0.264 e. The minimum Gasteiger partial charge on any atom is -0.322 e. The number of amides is 1. The molecule has 38 heavy (non-hydrogen) atoms. The molecule has 0 fully saturated rings. The average Bonchev–Trinajstić information content (AvgIpc) is 2.89. The molecule has 0 aliphatic carbocycles. The van der Waals surface area contributed by atoms with Crippen LogP contribution in [0.15, 0.2) is 90.0 Å². The van der Waals surface area contributed by atoms with E-state index in [0.29, 0.717) is 28.2 Å². The van der Waals surface area contributed by atoms with Crippen molar-refractivity contribution in [1.29, 1.82) is 0 Å². The summed E-state index contributed by atoms with van der Waals surface area (Å²) in [5.41, 5.74) is 6.21. The topological polar surface area (TPSA) is 114 Å². The second-order valence-electron chi connectivity index (χ2n) is 8.98. The fourth-order valence-electron chi connectivity index (χ4n) is 4.00. The molecule has 190 valence electrons. The number of carbonyl (C=O) groups excluding carboxylic acids is 1. The zero-order valence-corrected chi connectivity index (χ0v) is 21.9. The number of pyridine rings is 1. The Labute approximate surface area is 220 Å². The highest BCUT2D eigenvalue weighted by Gasteiger charge is 2.18. The Morgan fingerprint density at radius 1 is 0.816 bits per heavy atom. The second-order valence-corrected chi connectivity index (χ2v) is 10.7.